The van der Waals surface area contributed by atoms with Crippen molar-refractivity contribution in [1.29, 1.82) is 0 Å². The van der Waals surface area contributed by atoms with Gasteiger partial charge in [0.25, 0.3) is 5.89 Å². The number of nitrogens with zero attached hydrogens (tertiary/aromatic N) is 5. The van der Waals surface area contributed by atoms with Crippen LogP contribution >= 0.6 is 23.1 Å². The molecule has 4 rings (SSSR count). The van der Waals surface area contributed by atoms with E-state index in [0.717, 1.165) is 22.3 Å². The molecule has 0 radical (unpaired) electrons. The van der Waals surface area contributed by atoms with Gasteiger partial charge in [0.15, 0.2) is 5.16 Å². The molecule has 1 unspecified atom stereocenters. The molecule has 8 heteroatoms. The summed E-state index contributed by atoms with van der Waals surface area (Å²) in [7, 11) is 1.98. The van der Waals surface area contributed by atoms with E-state index in [0.29, 0.717) is 11.8 Å². The van der Waals surface area contributed by atoms with Crippen LogP contribution in [0.2, 0.25) is 0 Å². The minimum Gasteiger partial charge on any atom is -0.419 e. The number of benzene rings is 1. The molecule has 1 aromatic carbocycles. The number of thioether (sulfide) groups is 1. The maximum atomic E-state index is 5.81. The van der Waals surface area contributed by atoms with E-state index in [2.05, 4.69) is 32.5 Å². The van der Waals surface area contributed by atoms with Crippen molar-refractivity contribution in [2.45, 2.75) is 23.8 Å². The fourth-order valence-corrected chi connectivity index (χ4v) is 4.00. The van der Waals surface area contributed by atoms with Crippen molar-refractivity contribution in [2.24, 2.45) is 7.05 Å². The number of thiophene rings is 1. The molecule has 6 nitrogen and oxygen atoms in total. The number of hydrogen-bond acceptors (Lipinski definition) is 7. The molecule has 132 valence electrons. The van der Waals surface area contributed by atoms with Gasteiger partial charge in [0.1, 0.15) is 5.82 Å². The first-order valence-corrected chi connectivity index (χ1v) is 9.93. The van der Waals surface area contributed by atoms with Gasteiger partial charge in [-0.3, -0.25) is 0 Å². The lowest BCUT2D eigenvalue weighted by atomic mass is 10.1. The molecule has 0 aliphatic rings. The Balaban J connectivity index is 1.47. The number of aromatic nitrogens is 5. The fraction of sp³-hybridized carbons (Fsp3) is 0.222. The Bertz CT molecular complexity index is 978. The summed E-state index contributed by atoms with van der Waals surface area (Å²) in [4.78, 5) is 0.977. The molecule has 0 bridgehead atoms. The highest BCUT2D eigenvalue weighted by molar-refractivity contribution is 7.99. The van der Waals surface area contributed by atoms with E-state index in [9.17, 15) is 0 Å². The third kappa shape index (κ3) is 3.56. The Morgan fingerprint density at radius 2 is 1.92 bits per heavy atom. The average molecular weight is 384 g/mol. The molecule has 1 atom stereocenters. The molecule has 0 saturated heterocycles. The molecule has 3 aromatic heterocycles. The molecule has 0 spiro atoms. The van der Waals surface area contributed by atoms with Crippen LogP contribution in [0, 0.1) is 0 Å². The zero-order valence-electron chi connectivity index (χ0n) is 14.4. The Labute approximate surface area is 159 Å². The van der Waals surface area contributed by atoms with E-state index >= 15 is 0 Å². The van der Waals surface area contributed by atoms with Crippen LogP contribution in [0.5, 0.6) is 0 Å². The first-order chi connectivity index (χ1) is 12.7. The van der Waals surface area contributed by atoms with Gasteiger partial charge in [-0.25, -0.2) is 0 Å². The molecule has 0 aliphatic heterocycles. The third-order valence-corrected chi connectivity index (χ3v) is 5.91. The minimum atomic E-state index is -0.0105. The first kappa shape index (κ1) is 17.0. The minimum absolute atomic E-state index is 0.0105. The highest BCUT2D eigenvalue weighted by atomic mass is 32.2. The van der Waals surface area contributed by atoms with Gasteiger partial charge in [-0.2, -0.15) is 0 Å². The lowest BCUT2D eigenvalue weighted by Gasteiger charge is -2.07. The SMILES string of the molecule is CC(Sc1nnc(Cc2ccccc2)n1C)c1nnc(-c2cccs2)o1. The Kier molecular flexibility index (Phi) is 4.85. The summed E-state index contributed by atoms with van der Waals surface area (Å²) in [5.41, 5.74) is 1.21. The molecule has 26 heavy (non-hydrogen) atoms. The predicted molar refractivity (Wildman–Crippen MR) is 102 cm³/mol. The Morgan fingerprint density at radius 3 is 2.69 bits per heavy atom. The van der Waals surface area contributed by atoms with Crippen molar-refractivity contribution >= 4 is 23.1 Å². The van der Waals surface area contributed by atoms with Crippen LogP contribution in [0.1, 0.15) is 29.5 Å². The van der Waals surface area contributed by atoms with Crippen molar-refractivity contribution in [3.05, 3.63) is 65.1 Å². The molecule has 0 N–H and O–H groups in total. The van der Waals surface area contributed by atoms with Crippen LogP contribution in [-0.2, 0) is 13.5 Å². The monoisotopic (exact) mass is 383 g/mol. The van der Waals surface area contributed by atoms with Crippen LogP contribution in [0.15, 0.2) is 57.4 Å². The second kappa shape index (κ2) is 7.43. The summed E-state index contributed by atoms with van der Waals surface area (Å²) in [5.74, 6) is 2.08. The van der Waals surface area contributed by atoms with E-state index in [4.69, 9.17) is 4.42 Å². The van der Waals surface area contributed by atoms with Crippen molar-refractivity contribution < 1.29 is 4.42 Å². The summed E-state index contributed by atoms with van der Waals surface area (Å²) in [6.45, 7) is 2.03. The molecular weight excluding hydrogens is 366 g/mol. The quantitative estimate of drug-likeness (QED) is 0.461. The van der Waals surface area contributed by atoms with E-state index in [-0.39, 0.29) is 5.25 Å². The summed E-state index contributed by atoms with van der Waals surface area (Å²) < 4.78 is 7.83. The zero-order chi connectivity index (χ0) is 17.9. The van der Waals surface area contributed by atoms with E-state index < -0.39 is 0 Å². The van der Waals surface area contributed by atoms with Crippen LogP contribution in [0.3, 0.4) is 0 Å². The van der Waals surface area contributed by atoms with Crippen molar-refractivity contribution in [3.63, 3.8) is 0 Å². The van der Waals surface area contributed by atoms with Gasteiger partial charge in [-0.15, -0.1) is 31.7 Å². The second-order valence-electron chi connectivity index (χ2n) is 5.80. The fourth-order valence-electron chi connectivity index (χ4n) is 2.49. The highest BCUT2D eigenvalue weighted by Gasteiger charge is 2.20. The lowest BCUT2D eigenvalue weighted by Crippen LogP contribution is -2.01. The topological polar surface area (TPSA) is 69.6 Å². The molecule has 0 fully saturated rings. The predicted octanol–water partition coefficient (Wildman–Crippen LogP) is 4.37. The summed E-state index contributed by atoms with van der Waals surface area (Å²) in [6, 6.07) is 14.2. The summed E-state index contributed by atoms with van der Waals surface area (Å²) in [5, 5.41) is 19.8. The smallest absolute Gasteiger partial charge is 0.257 e. The zero-order valence-corrected chi connectivity index (χ0v) is 16.0. The van der Waals surface area contributed by atoms with Gasteiger partial charge in [0.05, 0.1) is 10.1 Å². The van der Waals surface area contributed by atoms with E-state index in [1.54, 1.807) is 23.1 Å². The summed E-state index contributed by atoms with van der Waals surface area (Å²) in [6.07, 6.45) is 0.752. The van der Waals surface area contributed by atoms with Crippen molar-refractivity contribution in [1.82, 2.24) is 25.0 Å². The standard InChI is InChI=1S/C18H17N5OS2/c1-12(16-20-21-17(24-16)14-9-6-10-25-14)26-18-22-19-15(23(18)2)11-13-7-4-3-5-8-13/h3-10,12H,11H2,1-2H3. The Hall–Kier alpha value is -2.45. The van der Waals surface area contributed by atoms with Crippen LogP contribution in [0.25, 0.3) is 10.8 Å². The molecule has 0 amide bonds. The second-order valence-corrected chi connectivity index (χ2v) is 8.06. The average Bonchev–Trinajstić information content (AvgIpc) is 3.40. The van der Waals surface area contributed by atoms with E-state index in [1.165, 1.54) is 5.56 Å². The summed E-state index contributed by atoms with van der Waals surface area (Å²) >= 11 is 3.14. The van der Waals surface area contributed by atoms with Crippen molar-refractivity contribution in [2.75, 3.05) is 0 Å². The van der Waals surface area contributed by atoms with Gasteiger partial charge in [-0.1, -0.05) is 48.2 Å². The molecular formula is C18H17N5OS2. The van der Waals surface area contributed by atoms with Gasteiger partial charge in [0, 0.05) is 13.5 Å². The van der Waals surface area contributed by atoms with Gasteiger partial charge >= 0.3 is 0 Å². The van der Waals surface area contributed by atoms with Gasteiger partial charge < -0.3 is 8.98 Å². The highest BCUT2D eigenvalue weighted by Crippen LogP contribution is 2.34. The number of rotatable bonds is 6. The third-order valence-electron chi connectivity index (χ3n) is 3.93. The van der Waals surface area contributed by atoms with Crippen LogP contribution in [0.4, 0.5) is 0 Å². The molecule has 0 saturated carbocycles. The van der Waals surface area contributed by atoms with Crippen LogP contribution < -0.4 is 0 Å². The maximum absolute atomic E-state index is 5.81. The Morgan fingerprint density at radius 1 is 1.08 bits per heavy atom. The largest absolute Gasteiger partial charge is 0.419 e. The molecule has 0 aliphatic carbocycles. The number of hydrogen-bond donors (Lipinski definition) is 0. The lowest BCUT2D eigenvalue weighted by molar-refractivity contribution is 0.509. The maximum Gasteiger partial charge on any atom is 0.257 e. The normalized spacial score (nSPS) is 12.4. The van der Waals surface area contributed by atoms with Gasteiger partial charge in [0.2, 0.25) is 5.89 Å². The first-order valence-electron chi connectivity index (χ1n) is 8.17. The van der Waals surface area contributed by atoms with Gasteiger partial charge in [-0.05, 0) is 23.9 Å². The van der Waals surface area contributed by atoms with E-state index in [1.807, 2.05) is 54.3 Å². The van der Waals surface area contributed by atoms with Crippen molar-refractivity contribution in [3.8, 4) is 10.8 Å². The molecule has 4 aromatic rings. The molecule has 3 heterocycles. The van der Waals surface area contributed by atoms with Crippen LogP contribution in [-0.4, -0.2) is 25.0 Å².